The molecule has 0 unspecified atom stereocenters. The number of likely N-dealkylation sites (tertiary alicyclic amines) is 1. The van der Waals surface area contributed by atoms with E-state index in [4.69, 9.17) is 0 Å². The van der Waals surface area contributed by atoms with Crippen LogP contribution < -0.4 is 5.32 Å². The molecule has 0 amide bonds. The van der Waals surface area contributed by atoms with Crippen molar-refractivity contribution in [2.75, 3.05) is 18.9 Å². The third-order valence-electron chi connectivity index (χ3n) is 3.88. The average molecular weight is 272 g/mol. The van der Waals surface area contributed by atoms with Crippen LogP contribution in [0.5, 0.6) is 0 Å². The van der Waals surface area contributed by atoms with Crippen LogP contribution in [-0.4, -0.2) is 38.0 Å². The summed E-state index contributed by atoms with van der Waals surface area (Å²) in [5.41, 5.74) is 1.04. The molecular formula is C14H20N6. The molecule has 0 aromatic carbocycles. The second-order valence-electron chi connectivity index (χ2n) is 5.16. The Bertz CT molecular complexity index is 579. The van der Waals surface area contributed by atoms with Crippen molar-refractivity contribution >= 4 is 5.82 Å². The molecule has 3 rings (SSSR count). The van der Waals surface area contributed by atoms with Gasteiger partial charge in [0, 0.05) is 26.5 Å². The minimum Gasteiger partial charge on any atom is -0.372 e. The molecule has 0 spiro atoms. The van der Waals surface area contributed by atoms with Crippen LogP contribution in [0.4, 0.5) is 5.82 Å². The zero-order valence-electron chi connectivity index (χ0n) is 12.0. The largest absolute Gasteiger partial charge is 0.372 e. The molecule has 1 fully saturated rings. The normalized spacial score (nSPS) is 19.4. The summed E-state index contributed by atoms with van der Waals surface area (Å²) >= 11 is 0. The van der Waals surface area contributed by atoms with E-state index >= 15 is 0 Å². The first-order valence-electron chi connectivity index (χ1n) is 6.98. The SMILES string of the molecule is CNc1cncc([C@H]2CCCN2Cc2nccn2C)n1. The molecule has 0 bridgehead atoms. The van der Waals surface area contributed by atoms with E-state index < -0.39 is 0 Å². The molecule has 0 saturated carbocycles. The molecule has 3 heterocycles. The first-order valence-corrected chi connectivity index (χ1v) is 6.98. The highest BCUT2D eigenvalue weighted by Crippen LogP contribution is 2.31. The van der Waals surface area contributed by atoms with Crippen molar-refractivity contribution in [1.29, 1.82) is 0 Å². The van der Waals surface area contributed by atoms with Gasteiger partial charge in [-0.05, 0) is 19.4 Å². The van der Waals surface area contributed by atoms with Crippen LogP contribution in [0.3, 0.4) is 0 Å². The number of anilines is 1. The van der Waals surface area contributed by atoms with Crippen molar-refractivity contribution in [1.82, 2.24) is 24.4 Å². The second-order valence-corrected chi connectivity index (χ2v) is 5.16. The molecule has 2 aromatic heterocycles. The lowest BCUT2D eigenvalue weighted by molar-refractivity contribution is 0.236. The Labute approximate surface area is 118 Å². The van der Waals surface area contributed by atoms with Gasteiger partial charge < -0.3 is 9.88 Å². The van der Waals surface area contributed by atoms with E-state index in [0.29, 0.717) is 6.04 Å². The van der Waals surface area contributed by atoms with Gasteiger partial charge in [0.2, 0.25) is 0 Å². The first kappa shape index (κ1) is 13.1. The van der Waals surface area contributed by atoms with Crippen LogP contribution in [0.15, 0.2) is 24.8 Å². The standard InChI is InChI=1S/C14H20N6/c1-15-13-9-16-8-11(18-13)12-4-3-6-20(12)10-14-17-5-7-19(14)2/h5,7-9,12H,3-4,6,10H2,1-2H3,(H,15,18)/t12-/m1/s1. The van der Waals surface area contributed by atoms with E-state index in [2.05, 4.69) is 29.7 Å². The Kier molecular flexibility index (Phi) is 3.64. The van der Waals surface area contributed by atoms with Gasteiger partial charge in [-0.1, -0.05) is 0 Å². The van der Waals surface area contributed by atoms with Gasteiger partial charge >= 0.3 is 0 Å². The zero-order valence-corrected chi connectivity index (χ0v) is 12.0. The summed E-state index contributed by atoms with van der Waals surface area (Å²) in [7, 11) is 3.91. The molecule has 1 aliphatic heterocycles. The van der Waals surface area contributed by atoms with Crippen molar-refractivity contribution in [3.8, 4) is 0 Å². The lowest BCUT2D eigenvalue weighted by Crippen LogP contribution is -2.25. The summed E-state index contributed by atoms with van der Waals surface area (Å²) in [6.07, 6.45) is 9.79. The molecule has 0 aliphatic carbocycles. The lowest BCUT2D eigenvalue weighted by atomic mass is 10.1. The summed E-state index contributed by atoms with van der Waals surface area (Å²) in [6.45, 7) is 1.95. The summed E-state index contributed by atoms with van der Waals surface area (Å²) < 4.78 is 2.07. The van der Waals surface area contributed by atoms with Gasteiger partial charge in [0.25, 0.3) is 0 Å². The van der Waals surface area contributed by atoms with Gasteiger partial charge in [-0.2, -0.15) is 0 Å². The van der Waals surface area contributed by atoms with Gasteiger partial charge in [-0.15, -0.1) is 0 Å². The predicted molar refractivity (Wildman–Crippen MR) is 77.2 cm³/mol. The van der Waals surface area contributed by atoms with E-state index in [1.54, 1.807) is 6.20 Å². The molecule has 1 saturated heterocycles. The quantitative estimate of drug-likeness (QED) is 0.916. The average Bonchev–Trinajstić information content (AvgIpc) is 3.09. The molecular weight excluding hydrogens is 252 g/mol. The summed E-state index contributed by atoms with van der Waals surface area (Å²) in [5.74, 6) is 1.92. The van der Waals surface area contributed by atoms with Crippen molar-refractivity contribution in [2.45, 2.75) is 25.4 Å². The minimum atomic E-state index is 0.340. The third-order valence-corrected chi connectivity index (χ3v) is 3.88. The minimum absolute atomic E-state index is 0.340. The fourth-order valence-electron chi connectivity index (χ4n) is 2.74. The molecule has 1 N–H and O–H groups in total. The topological polar surface area (TPSA) is 58.9 Å². The monoisotopic (exact) mass is 272 g/mol. The van der Waals surface area contributed by atoms with Crippen molar-refractivity contribution in [2.24, 2.45) is 7.05 Å². The Morgan fingerprint density at radius 2 is 2.30 bits per heavy atom. The van der Waals surface area contributed by atoms with Crippen molar-refractivity contribution < 1.29 is 0 Å². The number of hydrogen-bond donors (Lipinski definition) is 1. The first-order chi connectivity index (χ1) is 9.78. The number of rotatable bonds is 4. The molecule has 0 radical (unpaired) electrons. The maximum Gasteiger partial charge on any atom is 0.144 e. The number of hydrogen-bond acceptors (Lipinski definition) is 5. The highest BCUT2D eigenvalue weighted by molar-refractivity contribution is 5.31. The number of nitrogens with zero attached hydrogens (tertiary/aromatic N) is 5. The highest BCUT2D eigenvalue weighted by atomic mass is 15.2. The van der Waals surface area contributed by atoms with Crippen LogP contribution in [0, 0.1) is 0 Å². The van der Waals surface area contributed by atoms with E-state index in [0.717, 1.165) is 36.8 Å². The van der Waals surface area contributed by atoms with Gasteiger partial charge in [0.15, 0.2) is 0 Å². The van der Waals surface area contributed by atoms with Crippen LogP contribution in [0.25, 0.3) is 0 Å². The Balaban J connectivity index is 1.79. The summed E-state index contributed by atoms with van der Waals surface area (Å²) in [6, 6.07) is 0.340. The molecule has 20 heavy (non-hydrogen) atoms. The fraction of sp³-hybridized carbons (Fsp3) is 0.500. The van der Waals surface area contributed by atoms with Crippen LogP contribution in [0.2, 0.25) is 0 Å². The van der Waals surface area contributed by atoms with Gasteiger partial charge in [-0.3, -0.25) is 9.88 Å². The van der Waals surface area contributed by atoms with Crippen molar-refractivity contribution in [3.63, 3.8) is 0 Å². The van der Waals surface area contributed by atoms with Crippen LogP contribution >= 0.6 is 0 Å². The maximum atomic E-state index is 4.63. The van der Waals surface area contributed by atoms with Crippen LogP contribution in [0.1, 0.15) is 30.4 Å². The molecule has 2 aromatic rings. The molecule has 1 aliphatic rings. The van der Waals surface area contributed by atoms with Crippen molar-refractivity contribution in [3.05, 3.63) is 36.3 Å². The molecule has 106 valence electrons. The Morgan fingerprint density at radius 1 is 1.40 bits per heavy atom. The summed E-state index contributed by atoms with van der Waals surface area (Å²) in [4.78, 5) is 15.8. The van der Waals surface area contributed by atoms with Crippen LogP contribution in [-0.2, 0) is 13.6 Å². The number of aromatic nitrogens is 4. The van der Waals surface area contributed by atoms with E-state index in [1.165, 1.54) is 6.42 Å². The smallest absolute Gasteiger partial charge is 0.144 e. The Morgan fingerprint density at radius 3 is 3.05 bits per heavy atom. The zero-order chi connectivity index (χ0) is 13.9. The number of nitrogens with one attached hydrogen (secondary N) is 1. The highest BCUT2D eigenvalue weighted by Gasteiger charge is 2.28. The number of imidazole rings is 1. The molecule has 6 heteroatoms. The van der Waals surface area contributed by atoms with Gasteiger partial charge in [0.1, 0.15) is 11.6 Å². The third kappa shape index (κ3) is 2.51. The lowest BCUT2D eigenvalue weighted by Gasteiger charge is -2.23. The second kappa shape index (κ2) is 5.58. The van der Waals surface area contributed by atoms with E-state index in [9.17, 15) is 0 Å². The van der Waals surface area contributed by atoms with Gasteiger partial charge in [0.05, 0.1) is 30.7 Å². The fourth-order valence-corrected chi connectivity index (χ4v) is 2.74. The maximum absolute atomic E-state index is 4.63. The van der Waals surface area contributed by atoms with Gasteiger partial charge in [-0.25, -0.2) is 9.97 Å². The summed E-state index contributed by atoms with van der Waals surface area (Å²) in [5, 5.41) is 3.05. The van der Waals surface area contributed by atoms with E-state index in [1.807, 2.05) is 32.7 Å². The predicted octanol–water partition coefficient (Wildman–Crippen LogP) is 1.59. The molecule has 1 atom stereocenters. The molecule has 6 nitrogen and oxygen atoms in total. The van der Waals surface area contributed by atoms with E-state index in [-0.39, 0.29) is 0 Å². The Hall–Kier alpha value is -1.95. The number of aryl methyl sites for hydroxylation is 1.